The molecule has 86 valence electrons. The molecule has 2 unspecified atom stereocenters. The maximum atomic E-state index is 4.42. The Morgan fingerprint density at radius 3 is 2.73 bits per heavy atom. The molecular formula is C12H22N2S. The molecule has 0 aliphatic rings. The van der Waals surface area contributed by atoms with Gasteiger partial charge in [0.1, 0.15) is 0 Å². The van der Waals surface area contributed by atoms with E-state index >= 15 is 0 Å². The second-order valence-electron chi connectivity index (χ2n) is 4.31. The van der Waals surface area contributed by atoms with Crippen molar-refractivity contribution in [3.8, 4) is 0 Å². The van der Waals surface area contributed by atoms with Crippen molar-refractivity contribution < 1.29 is 0 Å². The Hall–Kier alpha value is -0.410. The lowest BCUT2D eigenvalue weighted by Crippen LogP contribution is -2.29. The summed E-state index contributed by atoms with van der Waals surface area (Å²) in [6.07, 6.45) is 4.47. The van der Waals surface area contributed by atoms with Gasteiger partial charge in [0.2, 0.25) is 0 Å². The minimum absolute atomic E-state index is 0.531. The monoisotopic (exact) mass is 226 g/mol. The number of thiazole rings is 1. The smallest absolute Gasteiger partial charge is 0.0968 e. The van der Waals surface area contributed by atoms with E-state index in [2.05, 4.69) is 38.0 Å². The zero-order chi connectivity index (χ0) is 11.3. The fourth-order valence-corrected chi connectivity index (χ4v) is 2.43. The number of aromatic nitrogens is 1. The highest BCUT2D eigenvalue weighted by atomic mass is 32.1. The molecule has 1 aromatic heterocycles. The van der Waals surface area contributed by atoms with Gasteiger partial charge in [0.15, 0.2) is 0 Å². The Morgan fingerprint density at radius 2 is 2.20 bits per heavy atom. The van der Waals surface area contributed by atoms with E-state index in [1.165, 1.54) is 22.7 Å². The van der Waals surface area contributed by atoms with Crippen LogP contribution in [0.4, 0.5) is 0 Å². The second kappa shape index (κ2) is 6.23. The molecule has 15 heavy (non-hydrogen) atoms. The van der Waals surface area contributed by atoms with Gasteiger partial charge in [0.05, 0.1) is 5.01 Å². The molecule has 3 heteroatoms. The van der Waals surface area contributed by atoms with E-state index in [0.717, 1.165) is 6.54 Å². The van der Waals surface area contributed by atoms with Crippen LogP contribution in [0.15, 0.2) is 6.20 Å². The molecule has 0 spiro atoms. The van der Waals surface area contributed by atoms with Crippen molar-refractivity contribution in [1.29, 1.82) is 0 Å². The van der Waals surface area contributed by atoms with Crippen molar-refractivity contribution in [3.05, 3.63) is 16.1 Å². The van der Waals surface area contributed by atoms with Crippen LogP contribution >= 0.6 is 11.3 Å². The van der Waals surface area contributed by atoms with Gasteiger partial charge in [0, 0.05) is 29.6 Å². The van der Waals surface area contributed by atoms with Crippen molar-refractivity contribution in [2.75, 3.05) is 6.54 Å². The van der Waals surface area contributed by atoms with Crippen LogP contribution in [0.5, 0.6) is 0 Å². The summed E-state index contributed by atoms with van der Waals surface area (Å²) >= 11 is 1.81. The van der Waals surface area contributed by atoms with Crippen molar-refractivity contribution in [2.45, 2.75) is 52.5 Å². The molecule has 1 aromatic rings. The average Bonchev–Trinajstić information content (AvgIpc) is 2.62. The third-order valence-corrected chi connectivity index (χ3v) is 3.70. The minimum Gasteiger partial charge on any atom is -0.314 e. The lowest BCUT2D eigenvalue weighted by Gasteiger charge is -2.15. The molecule has 0 radical (unpaired) electrons. The van der Waals surface area contributed by atoms with Gasteiger partial charge in [-0.25, -0.2) is 4.98 Å². The summed E-state index contributed by atoms with van der Waals surface area (Å²) in [6.45, 7) is 9.87. The molecule has 0 fully saturated rings. The van der Waals surface area contributed by atoms with Gasteiger partial charge in [-0.3, -0.25) is 0 Å². The molecule has 0 saturated heterocycles. The maximum absolute atomic E-state index is 4.42. The van der Waals surface area contributed by atoms with Gasteiger partial charge < -0.3 is 5.32 Å². The molecule has 1 rings (SSSR count). The highest BCUT2D eigenvalue weighted by molar-refractivity contribution is 7.11. The van der Waals surface area contributed by atoms with Crippen molar-refractivity contribution >= 4 is 11.3 Å². The van der Waals surface area contributed by atoms with Crippen LogP contribution in [-0.4, -0.2) is 17.6 Å². The number of hydrogen-bond acceptors (Lipinski definition) is 3. The summed E-state index contributed by atoms with van der Waals surface area (Å²) < 4.78 is 0. The Balaban J connectivity index is 2.33. The van der Waals surface area contributed by atoms with E-state index < -0.39 is 0 Å². The number of rotatable bonds is 6. The predicted octanol–water partition coefficient (Wildman–Crippen LogP) is 3.33. The number of nitrogens with zero attached hydrogens (tertiary/aromatic N) is 1. The molecule has 2 atom stereocenters. The Bertz CT molecular complexity index is 283. The summed E-state index contributed by atoms with van der Waals surface area (Å²) in [5.41, 5.74) is 0. The second-order valence-corrected chi connectivity index (χ2v) is 5.57. The van der Waals surface area contributed by atoms with Crippen LogP contribution in [0.1, 0.15) is 49.4 Å². The van der Waals surface area contributed by atoms with Crippen molar-refractivity contribution in [3.63, 3.8) is 0 Å². The van der Waals surface area contributed by atoms with Gasteiger partial charge >= 0.3 is 0 Å². The zero-order valence-electron chi connectivity index (χ0n) is 10.2. The van der Waals surface area contributed by atoms with Crippen LogP contribution in [0.25, 0.3) is 0 Å². The Morgan fingerprint density at radius 1 is 1.47 bits per heavy atom. The van der Waals surface area contributed by atoms with Gasteiger partial charge in [-0.15, -0.1) is 11.3 Å². The standard InChI is InChI=1S/C12H22N2S/c1-5-6-10(3)13-7-9(2)12-14-8-11(4)15-12/h8-10,13H,5-7H2,1-4H3. The summed E-state index contributed by atoms with van der Waals surface area (Å²) in [6, 6.07) is 0.624. The predicted molar refractivity (Wildman–Crippen MR) is 67.6 cm³/mol. The fraction of sp³-hybridized carbons (Fsp3) is 0.750. The van der Waals surface area contributed by atoms with Crippen LogP contribution in [-0.2, 0) is 0 Å². The molecule has 0 bridgehead atoms. The van der Waals surface area contributed by atoms with Gasteiger partial charge in [0.25, 0.3) is 0 Å². The molecule has 1 heterocycles. The SMILES string of the molecule is CCCC(C)NCC(C)c1ncc(C)s1. The van der Waals surface area contributed by atoms with E-state index in [0.29, 0.717) is 12.0 Å². The highest BCUT2D eigenvalue weighted by Gasteiger charge is 2.10. The fourth-order valence-electron chi connectivity index (χ4n) is 1.60. The lowest BCUT2D eigenvalue weighted by atomic mass is 10.1. The van der Waals surface area contributed by atoms with Gasteiger partial charge in [-0.2, -0.15) is 0 Å². The molecule has 0 saturated carbocycles. The Labute approximate surface area is 97.1 Å². The molecule has 2 nitrogen and oxygen atoms in total. The van der Waals surface area contributed by atoms with E-state index in [9.17, 15) is 0 Å². The summed E-state index contributed by atoms with van der Waals surface area (Å²) in [4.78, 5) is 5.72. The van der Waals surface area contributed by atoms with Crippen LogP contribution in [0.2, 0.25) is 0 Å². The van der Waals surface area contributed by atoms with Gasteiger partial charge in [-0.05, 0) is 20.3 Å². The molecular weight excluding hydrogens is 204 g/mol. The number of aryl methyl sites for hydroxylation is 1. The van der Waals surface area contributed by atoms with Crippen LogP contribution < -0.4 is 5.32 Å². The van der Waals surface area contributed by atoms with E-state index in [1.54, 1.807) is 0 Å². The first-order chi connectivity index (χ1) is 7.13. The summed E-state index contributed by atoms with van der Waals surface area (Å²) in [5, 5.41) is 4.81. The Kier molecular flexibility index (Phi) is 5.26. The first-order valence-electron chi connectivity index (χ1n) is 5.79. The summed E-state index contributed by atoms with van der Waals surface area (Å²) in [5.74, 6) is 0.531. The zero-order valence-corrected chi connectivity index (χ0v) is 11.0. The topological polar surface area (TPSA) is 24.9 Å². The highest BCUT2D eigenvalue weighted by Crippen LogP contribution is 2.20. The number of nitrogens with one attached hydrogen (secondary N) is 1. The van der Waals surface area contributed by atoms with Gasteiger partial charge in [-0.1, -0.05) is 20.3 Å². The summed E-state index contributed by atoms with van der Waals surface area (Å²) in [7, 11) is 0. The van der Waals surface area contributed by atoms with E-state index in [4.69, 9.17) is 0 Å². The average molecular weight is 226 g/mol. The quantitative estimate of drug-likeness (QED) is 0.805. The normalized spacial score (nSPS) is 15.2. The molecule has 0 aromatic carbocycles. The van der Waals surface area contributed by atoms with E-state index in [1.807, 2.05) is 17.5 Å². The van der Waals surface area contributed by atoms with Crippen LogP contribution in [0.3, 0.4) is 0 Å². The van der Waals surface area contributed by atoms with Crippen molar-refractivity contribution in [1.82, 2.24) is 10.3 Å². The third kappa shape index (κ3) is 4.31. The number of hydrogen-bond donors (Lipinski definition) is 1. The molecule has 0 aliphatic heterocycles. The minimum atomic E-state index is 0.531. The largest absolute Gasteiger partial charge is 0.314 e. The maximum Gasteiger partial charge on any atom is 0.0968 e. The first kappa shape index (κ1) is 12.7. The molecule has 1 N–H and O–H groups in total. The molecule has 0 aliphatic carbocycles. The van der Waals surface area contributed by atoms with E-state index in [-0.39, 0.29) is 0 Å². The first-order valence-corrected chi connectivity index (χ1v) is 6.60. The molecule has 0 amide bonds. The van der Waals surface area contributed by atoms with Crippen molar-refractivity contribution in [2.24, 2.45) is 0 Å². The third-order valence-electron chi connectivity index (χ3n) is 2.55. The lowest BCUT2D eigenvalue weighted by molar-refractivity contribution is 0.487. The van der Waals surface area contributed by atoms with Crippen LogP contribution in [0, 0.1) is 6.92 Å².